The fourth-order valence-electron chi connectivity index (χ4n) is 0. The summed E-state index contributed by atoms with van der Waals surface area (Å²) in [5.41, 5.74) is 0. The molecule has 0 atom stereocenters. The minimum Gasteiger partial charge on any atom is -1.00 e. The van der Waals surface area contributed by atoms with Crippen molar-refractivity contribution in [3.8, 4) is 0 Å². The topological polar surface area (TPSA) is 61.5 Å². The van der Waals surface area contributed by atoms with Crippen LogP contribution < -0.4 is 128 Å². The number of hydrogen-bond donors (Lipinski definition) is 0. The Morgan fingerprint density at radius 1 is 0.833 bits per heavy atom. The van der Waals surface area contributed by atoms with E-state index >= 15 is 0 Å². The molecular formula is H4Cl2K2O2. The van der Waals surface area contributed by atoms with Gasteiger partial charge in [-0.05, 0) is 0 Å². The van der Waals surface area contributed by atoms with Gasteiger partial charge in [0.05, 0.1) is 0 Å². The molecule has 6 heavy (non-hydrogen) atoms. The Morgan fingerprint density at radius 2 is 0.833 bits per heavy atom. The summed E-state index contributed by atoms with van der Waals surface area (Å²) < 4.78 is 0. The smallest absolute Gasteiger partial charge is 1.00 e. The molecule has 0 amide bonds. The average Bonchev–Trinajstić information content (AvgIpc) is 0. The molecule has 0 fully saturated rings. The van der Waals surface area contributed by atoms with Crippen molar-refractivity contribution in [2.24, 2.45) is 0 Å². The Bertz CT molecular complexity index is 13.7. The van der Waals surface area contributed by atoms with E-state index in [1.807, 2.05) is 0 Å². The molecule has 0 heterocycles. The zero-order valence-corrected chi connectivity index (χ0v) is 11.5. The number of rotatable bonds is 0. The maximum absolute atomic E-state index is 0. The maximum atomic E-state index is 0. The molecule has 0 saturated carbocycles. The summed E-state index contributed by atoms with van der Waals surface area (Å²) in [6.07, 6.45) is 0. The molecule has 32 valence electrons. The van der Waals surface area contributed by atoms with Gasteiger partial charge in [-0.3, -0.25) is 0 Å². The van der Waals surface area contributed by atoms with E-state index in [0.29, 0.717) is 0 Å². The van der Waals surface area contributed by atoms with Crippen LogP contribution in [0, 0.1) is 0 Å². The standard InChI is InChI=1S/2ClH.2K.2H2O/h2*1H;;;2*1H2/q;;2*+1;;/p-2. The molecular weight excluding hydrogens is 181 g/mol. The molecule has 0 aromatic heterocycles. The summed E-state index contributed by atoms with van der Waals surface area (Å²) in [7, 11) is 0. The van der Waals surface area contributed by atoms with Crippen LogP contribution in [0.25, 0.3) is 0 Å². The van der Waals surface area contributed by atoms with Crippen LogP contribution in [0.1, 0.15) is 1.43 Å². The van der Waals surface area contributed by atoms with E-state index < -0.39 is 0 Å². The molecule has 0 aromatic rings. The Morgan fingerprint density at radius 3 is 0.833 bits per heavy atom. The largest absolute Gasteiger partial charge is 1.00 e. The SMILES string of the molecule is O.[Cl-].[Cl-].[H+].[K+].[K+].[OH-]. The van der Waals surface area contributed by atoms with Gasteiger partial charge < -0.3 is 35.8 Å². The van der Waals surface area contributed by atoms with Crippen LogP contribution in [0.15, 0.2) is 0 Å². The van der Waals surface area contributed by atoms with E-state index in [0.717, 1.165) is 0 Å². The first-order valence-electron chi connectivity index (χ1n) is 0. The molecule has 0 aliphatic rings. The van der Waals surface area contributed by atoms with Crippen LogP contribution in [0.5, 0.6) is 0 Å². The quantitative estimate of drug-likeness (QED) is 0.346. The van der Waals surface area contributed by atoms with Crippen LogP contribution in [0.3, 0.4) is 0 Å². The predicted octanol–water partition coefficient (Wildman–Crippen LogP) is -12.9. The average molecular weight is 185 g/mol. The first kappa shape index (κ1) is 52.8. The first-order chi connectivity index (χ1) is 0. The molecule has 3 N–H and O–H groups in total. The molecule has 0 aromatic carbocycles. The van der Waals surface area contributed by atoms with Crippen molar-refractivity contribution >= 4 is 0 Å². The first-order valence-corrected chi connectivity index (χ1v) is 0. The molecule has 0 unspecified atom stereocenters. The number of hydrogen-bond acceptors (Lipinski definition) is 1. The summed E-state index contributed by atoms with van der Waals surface area (Å²) in [5.74, 6) is 0. The van der Waals surface area contributed by atoms with Crippen LogP contribution in [0.2, 0.25) is 0 Å². The van der Waals surface area contributed by atoms with Crippen molar-refractivity contribution in [3.05, 3.63) is 0 Å². The monoisotopic (exact) mass is 184 g/mol. The van der Waals surface area contributed by atoms with Gasteiger partial charge in [-0.25, -0.2) is 0 Å². The summed E-state index contributed by atoms with van der Waals surface area (Å²) in [5, 5.41) is 0. The van der Waals surface area contributed by atoms with Crippen molar-refractivity contribution in [2.75, 3.05) is 0 Å². The Hall–Kier alpha value is 3.77. The zero-order chi connectivity index (χ0) is 0. The summed E-state index contributed by atoms with van der Waals surface area (Å²) in [6.45, 7) is 0. The third kappa shape index (κ3) is 25.0. The van der Waals surface area contributed by atoms with Crippen LogP contribution in [-0.2, 0) is 0 Å². The predicted molar refractivity (Wildman–Crippen MR) is 6.66 cm³/mol. The van der Waals surface area contributed by atoms with Gasteiger partial charge in [-0.2, -0.15) is 0 Å². The van der Waals surface area contributed by atoms with E-state index in [4.69, 9.17) is 0 Å². The maximum Gasteiger partial charge on any atom is 1.00 e. The fourth-order valence-corrected chi connectivity index (χ4v) is 0. The molecule has 0 saturated heterocycles. The third-order valence-corrected chi connectivity index (χ3v) is 0. The van der Waals surface area contributed by atoms with Gasteiger partial charge in [-0.1, -0.05) is 0 Å². The van der Waals surface area contributed by atoms with Crippen LogP contribution in [0.4, 0.5) is 0 Å². The minimum atomic E-state index is 0. The number of halogens is 2. The van der Waals surface area contributed by atoms with Gasteiger partial charge in [0, 0.05) is 0 Å². The van der Waals surface area contributed by atoms with Crippen molar-refractivity contribution in [1.82, 2.24) is 0 Å². The van der Waals surface area contributed by atoms with Gasteiger partial charge in [0.15, 0.2) is 0 Å². The van der Waals surface area contributed by atoms with Gasteiger partial charge in [-0.15, -0.1) is 0 Å². The fraction of sp³-hybridized carbons (Fsp3) is 0. The normalized spacial score (nSPS) is 0. The summed E-state index contributed by atoms with van der Waals surface area (Å²) in [4.78, 5) is 0. The zero-order valence-electron chi connectivity index (χ0n) is 4.70. The Balaban J connectivity index is 0. The molecule has 2 nitrogen and oxygen atoms in total. The van der Waals surface area contributed by atoms with Crippen molar-refractivity contribution in [1.29, 1.82) is 0 Å². The molecule has 0 radical (unpaired) electrons. The van der Waals surface area contributed by atoms with Crippen LogP contribution >= 0.6 is 0 Å². The molecule has 0 aliphatic carbocycles. The third-order valence-electron chi connectivity index (χ3n) is 0. The van der Waals surface area contributed by atoms with Gasteiger partial charge in [0.2, 0.25) is 0 Å². The van der Waals surface area contributed by atoms with E-state index in [1.54, 1.807) is 0 Å². The minimum absolute atomic E-state index is 0. The molecule has 0 spiro atoms. The van der Waals surface area contributed by atoms with E-state index in [-0.39, 0.29) is 140 Å². The van der Waals surface area contributed by atoms with Gasteiger partial charge in [0.1, 0.15) is 0 Å². The van der Waals surface area contributed by atoms with E-state index in [9.17, 15) is 0 Å². The van der Waals surface area contributed by atoms with Crippen LogP contribution in [-0.4, -0.2) is 11.0 Å². The Labute approximate surface area is 136 Å². The molecule has 0 bridgehead atoms. The summed E-state index contributed by atoms with van der Waals surface area (Å²) >= 11 is 0. The van der Waals surface area contributed by atoms with E-state index in [2.05, 4.69) is 0 Å². The molecule has 0 aliphatic heterocycles. The summed E-state index contributed by atoms with van der Waals surface area (Å²) in [6, 6.07) is 0. The van der Waals surface area contributed by atoms with Crippen molar-refractivity contribution < 1.29 is 140 Å². The van der Waals surface area contributed by atoms with Crippen molar-refractivity contribution in [3.63, 3.8) is 0 Å². The Kier molecular flexibility index (Phi) is 328. The van der Waals surface area contributed by atoms with Crippen molar-refractivity contribution in [2.45, 2.75) is 0 Å². The van der Waals surface area contributed by atoms with E-state index in [1.165, 1.54) is 0 Å². The molecule has 6 heteroatoms. The van der Waals surface area contributed by atoms with Gasteiger partial charge >= 0.3 is 104 Å². The second-order valence-electron chi connectivity index (χ2n) is 0. The second-order valence-corrected chi connectivity index (χ2v) is 0. The molecule has 0 rings (SSSR count). The van der Waals surface area contributed by atoms with Gasteiger partial charge in [0.25, 0.3) is 0 Å². The second kappa shape index (κ2) is 37.2.